The summed E-state index contributed by atoms with van der Waals surface area (Å²) in [6.45, 7) is 5.08. The molecule has 2 aromatic rings. The van der Waals surface area contributed by atoms with Crippen molar-refractivity contribution in [1.82, 2.24) is 4.90 Å². The zero-order valence-corrected chi connectivity index (χ0v) is 17.4. The molecule has 2 N–H and O–H groups in total. The van der Waals surface area contributed by atoms with Gasteiger partial charge in [-0.15, -0.1) is 0 Å². The highest BCUT2D eigenvalue weighted by Gasteiger charge is 2.19. The second-order valence-electron chi connectivity index (χ2n) is 6.99. The lowest BCUT2D eigenvalue weighted by Crippen LogP contribution is -2.36. The Hall–Kier alpha value is -2.74. The molecule has 1 fully saturated rings. The molecule has 158 valence electrons. The predicted molar refractivity (Wildman–Crippen MR) is 118 cm³/mol. The summed E-state index contributed by atoms with van der Waals surface area (Å²) >= 11 is 1.77. The van der Waals surface area contributed by atoms with Crippen LogP contribution in [0.15, 0.2) is 53.3 Å². The van der Waals surface area contributed by atoms with Gasteiger partial charge in [0.05, 0.1) is 13.2 Å². The number of allylic oxidation sites excluding steroid dienone is 1. The molecule has 0 saturated carbocycles. The van der Waals surface area contributed by atoms with Crippen LogP contribution in [-0.2, 0) is 20.7 Å². The van der Waals surface area contributed by atoms with Gasteiger partial charge in [0.15, 0.2) is 0 Å². The van der Waals surface area contributed by atoms with E-state index in [0.29, 0.717) is 12.2 Å². The third-order valence-corrected chi connectivity index (χ3v) is 5.76. The highest BCUT2D eigenvalue weighted by Crippen LogP contribution is 2.37. The molecule has 2 aliphatic rings. The zero-order chi connectivity index (χ0) is 21.3. The van der Waals surface area contributed by atoms with E-state index >= 15 is 0 Å². The molecule has 0 unspecified atom stereocenters. The summed E-state index contributed by atoms with van der Waals surface area (Å²) in [5, 5.41) is 20.0. The molecule has 0 radical (unpaired) electrons. The number of morpholine rings is 1. The maximum Gasteiger partial charge on any atom is 0.328 e. The van der Waals surface area contributed by atoms with Crippen LogP contribution in [0.2, 0.25) is 0 Å². The van der Waals surface area contributed by atoms with Crippen LogP contribution in [-0.4, -0.2) is 59.9 Å². The van der Waals surface area contributed by atoms with E-state index in [0.717, 1.165) is 45.7 Å². The number of hydrogen-bond acceptors (Lipinski definition) is 5. The first-order valence-corrected chi connectivity index (χ1v) is 10.8. The molecular formula is C23H25NO5S. The van der Waals surface area contributed by atoms with E-state index in [4.69, 9.17) is 14.9 Å². The van der Waals surface area contributed by atoms with Crippen molar-refractivity contribution in [2.24, 2.45) is 0 Å². The number of ether oxygens (including phenoxy) is 1. The lowest BCUT2D eigenvalue weighted by atomic mass is 9.96. The predicted octanol–water partition coefficient (Wildman–Crippen LogP) is 3.79. The van der Waals surface area contributed by atoms with Gasteiger partial charge in [-0.1, -0.05) is 24.3 Å². The van der Waals surface area contributed by atoms with Gasteiger partial charge in [0, 0.05) is 31.8 Å². The number of aliphatic carboxylic acids is 2. The summed E-state index contributed by atoms with van der Waals surface area (Å²) in [6, 6.07) is 8.99. The number of benzene rings is 1. The van der Waals surface area contributed by atoms with Crippen molar-refractivity contribution in [2.45, 2.75) is 12.8 Å². The van der Waals surface area contributed by atoms with Gasteiger partial charge >= 0.3 is 11.9 Å². The quantitative estimate of drug-likeness (QED) is 0.682. The largest absolute Gasteiger partial charge is 0.478 e. The van der Waals surface area contributed by atoms with Gasteiger partial charge in [-0.05, 0) is 57.5 Å². The highest BCUT2D eigenvalue weighted by atomic mass is 32.1. The molecule has 1 aliphatic carbocycles. The minimum absolute atomic E-state index is 0.558. The normalized spacial score (nSPS) is 15.9. The molecule has 0 bridgehead atoms. The van der Waals surface area contributed by atoms with Gasteiger partial charge in [0.2, 0.25) is 0 Å². The SMILES string of the molecule is C1=C(CCN2CCOCC2)c2cccc(-c3ccsc3)c2C1.O=C(O)/C=C\C(=O)O. The van der Waals surface area contributed by atoms with E-state index in [-0.39, 0.29) is 0 Å². The molecule has 1 saturated heterocycles. The topological polar surface area (TPSA) is 87.1 Å². The monoisotopic (exact) mass is 427 g/mol. The smallest absolute Gasteiger partial charge is 0.328 e. The van der Waals surface area contributed by atoms with E-state index in [9.17, 15) is 9.59 Å². The summed E-state index contributed by atoms with van der Waals surface area (Å²) < 4.78 is 5.43. The summed E-state index contributed by atoms with van der Waals surface area (Å²) in [4.78, 5) is 21.6. The third kappa shape index (κ3) is 6.13. The zero-order valence-electron chi connectivity index (χ0n) is 16.6. The van der Waals surface area contributed by atoms with E-state index in [1.54, 1.807) is 11.3 Å². The van der Waals surface area contributed by atoms with Crippen LogP contribution in [0.5, 0.6) is 0 Å². The number of rotatable bonds is 6. The Morgan fingerprint density at radius 3 is 2.40 bits per heavy atom. The fourth-order valence-electron chi connectivity index (χ4n) is 3.61. The molecule has 7 heteroatoms. The lowest BCUT2D eigenvalue weighted by Gasteiger charge is -2.26. The molecular weight excluding hydrogens is 402 g/mol. The average Bonchev–Trinajstić information content (AvgIpc) is 3.42. The van der Waals surface area contributed by atoms with Crippen LogP contribution >= 0.6 is 11.3 Å². The highest BCUT2D eigenvalue weighted by molar-refractivity contribution is 7.08. The molecule has 4 rings (SSSR count). The molecule has 6 nitrogen and oxygen atoms in total. The Morgan fingerprint density at radius 2 is 1.77 bits per heavy atom. The average molecular weight is 428 g/mol. The van der Waals surface area contributed by atoms with E-state index in [1.807, 2.05) is 0 Å². The molecule has 0 spiro atoms. The van der Waals surface area contributed by atoms with Crippen LogP contribution < -0.4 is 0 Å². The van der Waals surface area contributed by atoms with Crippen LogP contribution in [0.1, 0.15) is 17.5 Å². The van der Waals surface area contributed by atoms with Crippen LogP contribution in [0.3, 0.4) is 0 Å². The Balaban J connectivity index is 0.000000275. The Labute approximate surface area is 179 Å². The van der Waals surface area contributed by atoms with Gasteiger partial charge in [0.1, 0.15) is 0 Å². The Morgan fingerprint density at radius 1 is 1.07 bits per heavy atom. The van der Waals surface area contributed by atoms with Gasteiger partial charge in [-0.2, -0.15) is 11.3 Å². The van der Waals surface area contributed by atoms with Gasteiger partial charge in [-0.3, -0.25) is 4.90 Å². The standard InChI is InChI=1S/C19H21NOS.C4H4O4/c1-2-17-15(6-8-20-9-11-21-12-10-20)4-5-19(17)18(3-1)16-7-13-22-14-16;5-3(6)1-2-4(7)8/h1-4,7,13-14H,5-6,8-12H2;1-2H,(H,5,6)(H,7,8)/b;2-1-. The Kier molecular flexibility index (Phi) is 7.96. The van der Waals surface area contributed by atoms with Crippen molar-refractivity contribution in [3.63, 3.8) is 0 Å². The maximum absolute atomic E-state index is 9.55. The number of carboxylic acids is 2. The van der Waals surface area contributed by atoms with E-state index in [2.05, 4.69) is 46.0 Å². The minimum atomic E-state index is -1.26. The van der Waals surface area contributed by atoms with E-state index in [1.165, 1.54) is 27.8 Å². The van der Waals surface area contributed by atoms with Crippen LogP contribution in [0.25, 0.3) is 16.7 Å². The van der Waals surface area contributed by atoms with Crippen molar-refractivity contribution in [2.75, 3.05) is 32.8 Å². The van der Waals surface area contributed by atoms with Gasteiger partial charge < -0.3 is 14.9 Å². The van der Waals surface area contributed by atoms with Crippen molar-refractivity contribution < 1.29 is 24.5 Å². The number of carbonyl (C=O) groups is 2. The minimum Gasteiger partial charge on any atom is -0.478 e. The molecule has 1 aliphatic heterocycles. The first-order valence-electron chi connectivity index (χ1n) is 9.82. The number of fused-ring (bicyclic) bond motifs is 1. The van der Waals surface area contributed by atoms with Gasteiger partial charge in [0.25, 0.3) is 0 Å². The van der Waals surface area contributed by atoms with Crippen molar-refractivity contribution >= 4 is 28.8 Å². The molecule has 0 amide bonds. The van der Waals surface area contributed by atoms with Crippen molar-refractivity contribution in [1.29, 1.82) is 0 Å². The maximum atomic E-state index is 9.55. The van der Waals surface area contributed by atoms with E-state index < -0.39 is 11.9 Å². The van der Waals surface area contributed by atoms with Crippen molar-refractivity contribution in [3.05, 3.63) is 64.4 Å². The fraction of sp³-hybridized carbons (Fsp3) is 0.304. The summed E-state index contributed by atoms with van der Waals surface area (Å²) in [6.07, 6.45) is 5.78. The van der Waals surface area contributed by atoms with Crippen LogP contribution in [0.4, 0.5) is 0 Å². The van der Waals surface area contributed by atoms with Crippen LogP contribution in [0, 0.1) is 0 Å². The number of thiophene rings is 1. The molecule has 1 aromatic heterocycles. The first-order chi connectivity index (χ1) is 14.5. The lowest BCUT2D eigenvalue weighted by molar-refractivity contribution is -0.134. The number of hydrogen-bond donors (Lipinski definition) is 2. The second kappa shape index (κ2) is 10.9. The first kappa shape index (κ1) is 22.0. The number of nitrogens with zero attached hydrogens (tertiary/aromatic N) is 1. The second-order valence-corrected chi connectivity index (χ2v) is 7.77. The molecule has 30 heavy (non-hydrogen) atoms. The number of carboxylic acid groups (broad SMARTS) is 2. The molecule has 1 aromatic carbocycles. The van der Waals surface area contributed by atoms with Gasteiger partial charge in [-0.25, -0.2) is 9.59 Å². The third-order valence-electron chi connectivity index (χ3n) is 5.08. The molecule has 2 heterocycles. The molecule has 0 atom stereocenters. The summed E-state index contributed by atoms with van der Waals surface area (Å²) in [7, 11) is 0. The summed E-state index contributed by atoms with van der Waals surface area (Å²) in [5.41, 5.74) is 7.29. The fourth-order valence-corrected chi connectivity index (χ4v) is 4.27. The summed E-state index contributed by atoms with van der Waals surface area (Å²) in [5.74, 6) is -2.51. The van der Waals surface area contributed by atoms with Crippen molar-refractivity contribution in [3.8, 4) is 11.1 Å². The Bertz CT molecular complexity index is 911.